The van der Waals surface area contributed by atoms with E-state index in [9.17, 15) is 5.26 Å². The van der Waals surface area contributed by atoms with E-state index >= 15 is 0 Å². The predicted octanol–water partition coefficient (Wildman–Crippen LogP) is 2.73. The number of aromatic nitrogens is 4. The molecule has 0 atom stereocenters. The molecule has 0 spiro atoms. The second kappa shape index (κ2) is 4.82. The lowest BCUT2D eigenvalue weighted by atomic mass is 10.0. The summed E-state index contributed by atoms with van der Waals surface area (Å²) in [6.07, 6.45) is 6.05. The maximum Gasteiger partial charge on any atom is 0.212 e. The normalized spacial score (nSPS) is 13.9. The number of aryl methyl sites for hydroxylation is 2. The lowest BCUT2D eigenvalue weighted by molar-refractivity contribution is 0.576. The monoisotopic (exact) mass is 297 g/mol. The van der Waals surface area contributed by atoms with Crippen LogP contribution in [0.15, 0.2) is 22.8 Å². The first-order chi connectivity index (χ1) is 10.4. The first-order valence-corrected chi connectivity index (χ1v) is 7.57. The van der Waals surface area contributed by atoms with Gasteiger partial charge in [0.15, 0.2) is 17.1 Å². The van der Waals surface area contributed by atoms with Crippen molar-refractivity contribution in [1.29, 1.82) is 5.26 Å². The molecule has 0 radical (unpaired) electrons. The van der Waals surface area contributed by atoms with Gasteiger partial charge in [-0.1, -0.05) is 16.6 Å². The summed E-state index contributed by atoms with van der Waals surface area (Å²) < 4.78 is 7.02. The molecule has 3 aromatic rings. The summed E-state index contributed by atoms with van der Waals surface area (Å²) in [6, 6.07) is 5.63. The highest BCUT2D eigenvalue weighted by Crippen LogP contribution is 2.31. The van der Waals surface area contributed by atoms with Crippen molar-refractivity contribution in [3.63, 3.8) is 0 Å². The highest BCUT2D eigenvalue weighted by Gasteiger charge is 2.23. The van der Waals surface area contributed by atoms with Crippen LogP contribution >= 0.6 is 11.3 Å². The molecule has 0 amide bonds. The predicted molar refractivity (Wildman–Crippen MR) is 76.1 cm³/mol. The molecule has 0 aromatic carbocycles. The zero-order valence-electron chi connectivity index (χ0n) is 11.1. The minimum atomic E-state index is 0.248. The van der Waals surface area contributed by atoms with E-state index in [4.69, 9.17) is 4.42 Å². The van der Waals surface area contributed by atoms with E-state index in [2.05, 4.69) is 21.4 Å². The molecule has 1 aliphatic rings. The number of hydrogen-bond donors (Lipinski definition) is 0. The Bertz CT molecular complexity index is 801. The quantitative estimate of drug-likeness (QED) is 0.726. The van der Waals surface area contributed by atoms with Crippen LogP contribution in [0, 0.1) is 11.3 Å². The number of rotatable bonds is 2. The van der Waals surface area contributed by atoms with Crippen molar-refractivity contribution in [3.8, 4) is 22.7 Å². The van der Waals surface area contributed by atoms with Crippen molar-refractivity contribution >= 4 is 11.3 Å². The van der Waals surface area contributed by atoms with Crippen LogP contribution < -0.4 is 0 Å². The maximum atomic E-state index is 9.22. The Kier molecular flexibility index (Phi) is 2.82. The second-order valence-corrected chi connectivity index (χ2v) is 5.92. The highest BCUT2D eigenvalue weighted by atomic mass is 32.1. The molecule has 1 aliphatic carbocycles. The molecule has 0 unspecified atom stereocenters. The van der Waals surface area contributed by atoms with E-state index in [1.807, 2.05) is 0 Å². The molecule has 104 valence electrons. The lowest BCUT2D eigenvalue weighted by Crippen LogP contribution is -2.01. The fourth-order valence-corrected chi connectivity index (χ4v) is 3.66. The molecule has 0 N–H and O–H groups in total. The molecule has 3 heterocycles. The summed E-state index contributed by atoms with van der Waals surface area (Å²) >= 11 is 1.62. The van der Waals surface area contributed by atoms with E-state index in [-0.39, 0.29) is 5.69 Å². The van der Waals surface area contributed by atoms with Crippen molar-refractivity contribution in [1.82, 2.24) is 20.0 Å². The second-order valence-electron chi connectivity index (χ2n) is 4.86. The largest absolute Gasteiger partial charge is 0.463 e. The van der Waals surface area contributed by atoms with Crippen LogP contribution in [-0.2, 0) is 12.8 Å². The van der Waals surface area contributed by atoms with Gasteiger partial charge in [0, 0.05) is 4.88 Å². The zero-order valence-corrected chi connectivity index (χ0v) is 11.9. The summed E-state index contributed by atoms with van der Waals surface area (Å²) in [7, 11) is 0. The van der Waals surface area contributed by atoms with Gasteiger partial charge in [-0.15, -0.1) is 5.10 Å². The van der Waals surface area contributed by atoms with Gasteiger partial charge >= 0.3 is 0 Å². The molecule has 0 saturated heterocycles. The molecular weight excluding hydrogens is 286 g/mol. The number of furan rings is 1. The van der Waals surface area contributed by atoms with Crippen LogP contribution in [0.25, 0.3) is 16.6 Å². The van der Waals surface area contributed by atoms with Crippen molar-refractivity contribution in [3.05, 3.63) is 34.7 Å². The van der Waals surface area contributed by atoms with E-state index in [0.717, 1.165) is 23.7 Å². The van der Waals surface area contributed by atoms with Crippen LogP contribution in [0.1, 0.15) is 29.1 Å². The van der Waals surface area contributed by atoms with Crippen molar-refractivity contribution in [2.75, 3.05) is 0 Å². The highest BCUT2D eigenvalue weighted by molar-refractivity contribution is 7.14. The average Bonchev–Trinajstić information content (AvgIpc) is 3.23. The van der Waals surface area contributed by atoms with Gasteiger partial charge in [-0.3, -0.25) is 0 Å². The van der Waals surface area contributed by atoms with Gasteiger partial charge < -0.3 is 4.42 Å². The van der Waals surface area contributed by atoms with Crippen LogP contribution in [-0.4, -0.2) is 20.0 Å². The molecule has 7 heteroatoms. The van der Waals surface area contributed by atoms with Crippen molar-refractivity contribution in [2.45, 2.75) is 25.7 Å². The van der Waals surface area contributed by atoms with Crippen molar-refractivity contribution < 1.29 is 4.42 Å². The van der Waals surface area contributed by atoms with Gasteiger partial charge in [-0.2, -0.15) is 9.94 Å². The topological polar surface area (TPSA) is 80.5 Å². The molecule has 0 aliphatic heterocycles. The number of hydrogen-bond acceptors (Lipinski definition) is 6. The Balaban J connectivity index is 1.88. The minimum absolute atomic E-state index is 0.248. The standard InChI is InChI=1S/C14H11N5OS/c15-8-10-13(11-5-3-7-20-11)19(18-17-10)14-16-9-4-1-2-6-12(9)21-14/h3,5,7H,1-2,4,6H2. The third-order valence-electron chi connectivity index (χ3n) is 3.55. The number of nitriles is 1. The van der Waals surface area contributed by atoms with Crippen LogP contribution in [0.3, 0.4) is 0 Å². The summed E-state index contributed by atoms with van der Waals surface area (Å²) in [5.41, 5.74) is 1.97. The number of thiazole rings is 1. The molecule has 0 fully saturated rings. The van der Waals surface area contributed by atoms with Crippen LogP contribution in [0.5, 0.6) is 0 Å². The van der Waals surface area contributed by atoms with Gasteiger partial charge in [0.1, 0.15) is 6.07 Å². The first kappa shape index (κ1) is 12.3. The van der Waals surface area contributed by atoms with Gasteiger partial charge in [-0.05, 0) is 37.8 Å². The van der Waals surface area contributed by atoms with E-state index in [1.54, 1.807) is 34.4 Å². The average molecular weight is 297 g/mol. The smallest absolute Gasteiger partial charge is 0.212 e. The SMILES string of the molecule is N#Cc1nnn(-c2nc3c(s2)CCCC3)c1-c1ccco1. The van der Waals surface area contributed by atoms with Gasteiger partial charge in [-0.25, -0.2) is 4.98 Å². The minimum Gasteiger partial charge on any atom is -0.463 e. The fourth-order valence-electron chi connectivity index (χ4n) is 2.55. The summed E-state index contributed by atoms with van der Waals surface area (Å²) in [5, 5.41) is 18.0. The third-order valence-corrected chi connectivity index (χ3v) is 4.68. The van der Waals surface area contributed by atoms with E-state index < -0.39 is 0 Å². The first-order valence-electron chi connectivity index (χ1n) is 6.75. The number of nitrogens with zero attached hydrogens (tertiary/aromatic N) is 5. The third kappa shape index (κ3) is 1.96. The molecule has 3 aromatic heterocycles. The Morgan fingerprint density at radius 1 is 1.33 bits per heavy atom. The fraction of sp³-hybridized carbons (Fsp3) is 0.286. The lowest BCUT2D eigenvalue weighted by Gasteiger charge is -2.06. The molecule has 4 rings (SSSR count). The zero-order chi connectivity index (χ0) is 14.2. The van der Waals surface area contributed by atoms with Crippen molar-refractivity contribution in [2.24, 2.45) is 0 Å². The molecule has 0 saturated carbocycles. The summed E-state index contributed by atoms with van der Waals surface area (Å²) in [4.78, 5) is 5.98. The Morgan fingerprint density at radius 2 is 2.24 bits per heavy atom. The van der Waals surface area contributed by atoms with Gasteiger partial charge in [0.2, 0.25) is 5.13 Å². The molecule has 21 heavy (non-hydrogen) atoms. The molecule has 0 bridgehead atoms. The Labute approximate surface area is 124 Å². The Morgan fingerprint density at radius 3 is 3.00 bits per heavy atom. The Hall–Kier alpha value is -2.46. The van der Waals surface area contributed by atoms with Crippen LogP contribution in [0.4, 0.5) is 0 Å². The summed E-state index contributed by atoms with van der Waals surface area (Å²) in [6.45, 7) is 0. The molecular formula is C14H11N5OS. The number of fused-ring (bicyclic) bond motifs is 1. The van der Waals surface area contributed by atoms with E-state index in [0.29, 0.717) is 11.5 Å². The van der Waals surface area contributed by atoms with Crippen LogP contribution in [0.2, 0.25) is 0 Å². The summed E-state index contributed by atoms with van der Waals surface area (Å²) in [5.74, 6) is 0.574. The maximum absolute atomic E-state index is 9.22. The van der Waals surface area contributed by atoms with Gasteiger partial charge in [0.25, 0.3) is 0 Å². The van der Waals surface area contributed by atoms with E-state index in [1.165, 1.54) is 17.7 Å². The van der Waals surface area contributed by atoms with Gasteiger partial charge in [0.05, 0.1) is 12.0 Å². The molecule has 6 nitrogen and oxygen atoms in total.